The predicted octanol–water partition coefficient (Wildman–Crippen LogP) is 1.34. The highest BCUT2D eigenvalue weighted by Crippen LogP contribution is 2.29. The van der Waals surface area contributed by atoms with E-state index in [0.717, 1.165) is 19.3 Å². The lowest BCUT2D eigenvalue weighted by atomic mass is 9.81. The van der Waals surface area contributed by atoms with Crippen molar-refractivity contribution in [2.45, 2.75) is 37.6 Å². The molecule has 5 heteroatoms. The van der Waals surface area contributed by atoms with Gasteiger partial charge in [-0.25, -0.2) is 4.79 Å². The topological polar surface area (TPSA) is 55.4 Å². The number of ether oxygens (including phenoxy) is 1. The van der Waals surface area contributed by atoms with Gasteiger partial charge in [-0.05, 0) is 19.1 Å². The summed E-state index contributed by atoms with van der Waals surface area (Å²) in [5.74, 6) is 0.0000997. The van der Waals surface area contributed by atoms with Crippen LogP contribution in [0, 0.1) is 0 Å². The first kappa shape index (κ1) is 13.4. The van der Waals surface area contributed by atoms with Crippen LogP contribution < -0.4 is 5.32 Å². The molecule has 0 spiro atoms. The molecular weight excluding hydrogens is 226 g/mol. The molecular formula is C11H19NO3S. The average Bonchev–Trinajstić information content (AvgIpc) is 2.29. The van der Waals surface area contributed by atoms with E-state index in [2.05, 4.69) is 5.32 Å². The molecule has 0 aromatic carbocycles. The van der Waals surface area contributed by atoms with E-state index in [1.54, 1.807) is 0 Å². The molecule has 0 aliphatic heterocycles. The number of methoxy groups -OCH3 is 1. The molecule has 1 aliphatic rings. The maximum Gasteiger partial charge on any atom is 0.331 e. The highest BCUT2D eigenvalue weighted by molar-refractivity contribution is 7.99. The first-order valence-electron chi connectivity index (χ1n) is 5.53. The summed E-state index contributed by atoms with van der Waals surface area (Å²) in [7, 11) is 1.37. The molecule has 0 bridgehead atoms. The van der Waals surface area contributed by atoms with Gasteiger partial charge in [0, 0.05) is 0 Å². The second-order valence-electron chi connectivity index (χ2n) is 4.12. The van der Waals surface area contributed by atoms with E-state index in [1.807, 2.05) is 6.26 Å². The molecule has 1 N–H and O–H groups in total. The van der Waals surface area contributed by atoms with Crippen LogP contribution in [0.15, 0.2) is 0 Å². The summed E-state index contributed by atoms with van der Waals surface area (Å²) < 4.78 is 4.81. The first-order chi connectivity index (χ1) is 7.64. The molecule has 0 atom stereocenters. The molecule has 0 aromatic heterocycles. The van der Waals surface area contributed by atoms with E-state index < -0.39 is 5.54 Å². The third kappa shape index (κ3) is 3.14. The molecule has 0 radical (unpaired) electrons. The summed E-state index contributed by atoms with van der Waals surface area (Å²) >= 11 is 1.45. The number of hydrogen-bond acceptors (Lipinski definition) is 4. The maximum atomic E-state index is 11.8. The molecule has 1 aliphatic carbocycles. The van der Waals surface area contributed by atoms with Gasteiger partial charge in [0.05, 0.1) is 12.9 Å². The molecule has 0 aromatic rings. The van der Waals surface area contributed by atoms with Crippen LogP contribution in [0.2, 0.25) is 0 Å². The zero-order valence-corrected chi connectivity index (χ0v) is 10.7. The smallest absolute Gasteiger partial charge is 0.331 e. The standard InChI is InChI=1S/C11H19NO3S/c1-15-10(14)11(6-4-3-5-7-11)12-9(13)8-16-2/h3-8H2,1-2H3,(H,12,13). The van der Waals surface area contributed by atoms with Gasteiger partial charge in [0.15, 0.2) is 0 Å². The summed E-state index contributed by atoms with van der Waals surface area (Å²) in [6.07, 6.45) is 6.31. The van der Waals surface area contributed by atoms with Gasteiger partial charge >= 0.3 is 5.97 Å². The summed E-state index contributed by atoms with van der Waals surface area (Å²) in [5, 5.41) is 2.85. The Morgan fingerprint density at radius 2 is 1.94 bits per heavy atom. The molecule has 92 valence electrons. The lowest BCUT2D eigenvalue weighted by molar-refractivity contribution is -0.152. The fourth-order valence-electron chi connectivity index (χ4n) is 2.16. The Kier molecular flexibility index (Phi) is 5.12. The third-order valence-corrected chi connectivity index (χ3v) is 3.49. The summed E-state index contributed by atoms with van der Waals surface area (Å²) in [6.45, 7) is 0. The van der Waals surface area contributed by atoms with Crippen molar-refractivity contribution < 1.29 is 14.3 Å². The van der Waals surface area contributed by atoms with Crippen molar-refractivity contribution in [3.8, 4) is 0 Å². The van der Waals surface area contributed by atoms with Gasteiger partial charge in [0.1, 0.15) is 5.54 Å². The molecule has 16 heavy (non-hydrogen) atoms. The van der Waals surface area contributed by atoms with Gasteiger partial charge in [-0.1, -0.05) is 19.3 Å². The van der Waals surface area contributed by atoms with Gasteiger partial charge in [-0.3, -0.25) is 4.79 Å². The number of esters is 1. The lowest BCUT2D eigenvalue weighted by Gasteiger charge is -2.35. The predicted molar refractivity (Wildman–Crippen MR) is 64.4 cm³/mol. The Bertz CT molecular complexity index is 262. The van der Waals surface area contributed by atoms with Crippen molar-refractivity contribution in [3.05, 3.63) is 0 Å². The van der Waals surface area contributed by atoms with Crippen molar-refractivity contribution in [2.24, 2.45) is 0 Å². The number of thioether (sulfide) groups is 1. The van der Waals surface area contributed by atoms with Crippen LogP contribution in [-0.4, -0.2) is 36.5 Å². The van der Waals surface area contributed by atoms with Crippen molar-refractivity contribution >= 4 is 23.6 Å². The molecule has 1 amide bonds. The summed E-state index contributed by atoms with van der Waals surface area (Å²) in [4.78, 5) is 23.4. The Morgan fingerprint density at radius 1 is 1.31 bits per heavy atom. The van der Waals surface area contributed by atoms with E-state index in [4.69, 9.17) is 4.74 Å². The highest BCUT2D eigenvalue weighted by Gasteiger charge is 2.41. The van der Waals surface area contributed by atoms with E-state index in [9.17, 15) is 9.59 Å². The van der Waals surface area contributed by atoms with Crippen LogP contribution in [-0.2, 0) is 14.3 Å². The maximum absolute atomic E-state index is 11.8. The molecule has 0 unspecified atom stereocenters. The number of amides is 1. The summed E-state index contributed by atoms with van der Waals surface area (Å²) in [6, 6.07) is 0. The number of rotatable bonds is 4. The fourth-order valence-corrected chi connectivity index (χ4v) is 2.50. The Morgan fingerprint density at radius 3 is 2.44 bits per heavy atom. The molecule has 4 nitrogen and oxygen atoms in total. The van der Waals surface area contributed by atoms with Gasteiger partial charge in [0.25, 0.3) is 0 Å². The average molecular weight is 245 g/mol. The normalized spacial score (nSPS) is 18.9. The van der Waals surface area contributed by atoms with E-state index >= 15 is 0 Å². The van der Waals surface area contributed by atoms with Gasteiger partial charge in [0.2, 0.25) is 5.91 Å². The second kappa shape index (κ2) is 6.13. The monoisotopic (exact) mass is 245 g/mol. The van der Waals surface area contributed by atoms with Crippen LogP contribution in [0.3, 0.4) is 0 Å². The minimum Gasteiger partial charge on any atom is -0.467 e. The van der Waals surface area contributed by atoms with Gasteiger partial charge in [-0.2, -0.15) is 11.8 Å². The number of carbonyl (C=O) groups excluding carboxylic acids is 2. The zero-order valence-electron chi connectivity index (χ0n) is 9.88. The van der Waals surface area contributed by atoms with Gasteiger partial charge < -0.3 is 10.1 Å². The van der Waals surface area contributed by atoms with Crippen molar-refractivity contribution in [3.63, 3.8) is 0 Å². The van der Waals surface area contributed by atoms with E-state index in [0.29, 0.717) is 18.6 Å². The SMILES string of the molecule is COC(=O)C1(NC(=O)CSC)CCCCC1. The van der Waals surface area contributed by atoms with Crippen LogP contribution in [0.4, 0.5) is 0 Å². The van der Waals surface area contributed by atoms with Crippen molar-refractivity contribution in [1.82, 2.24) is 5.32 Å². The highest BCUT2D eigenvalue weighted by atomic mass is 32.2. The number of hydrogen-bond donors (Lipinski definition) is 1. The molecule has 0 saturated heterocycles. The lowest BCUT2D eigenvalue weighted by Crippen LogP contribution is -2.56. The first-order valence-corrected chi connectivity index (χ1v) is 6.92. The number of nitrogens with one attached hydrogen (secondary N) is 1. The zero-order chi connectivity index (χ0) is 12.0. The van der Waals surface area contributed by atoms with Crippen LogP contribution in [0.25, 0.3) is 0 Å². The Hall–Kier alpha value is -0.710. The van der Waals surface area contributed by atoms with Crippen molar-refractivity contribution in [2.75, 3.05) is 19.1 Å². The number of carbonyl (C=O) groups is 2. The second-order valence-corrected chi connectivity index (χ2v) is 4.98. The van der Waals surface area contributed by atoms with Gasteiger partial charge in [-0.15, -0.1) is 0 Å². The van der Waals surface area contributed by atoms with Crippen LogP contribution >= 0.6 is 11.8 Å². The Balaban J connectivity index is 2.70. The van der Waals surface area contributed by atoms with Crippen LogP contribution in [0.1, 0.15) is 32.1 Å². The minimum absolute atomic E-state index is 0.0835. The van der Waals surface area contributed by atoms with Crippen molar-refractivity contribution in [1.29, 1.82) is 0 Å². The third-order valence-electron chi connectivity index (χ3n) is 2.94. The largest absolute Gasteiger partial charge is 0.467 e. The van der Waals surface area contributed by atoms with Crippen LogP contribution in [0.5, 0.6) is 0 Å². The fraction of sp³-hybridized carbons (Fsp3) is 0.818. The molecule has 1 fully saturated rings. The summed E-state index contributed by atoms with van der Waals surface area (Å²) in [5.41, 5.74) is -0.764. The Labute approximate surface area is 100 Å². The molecule has 0 heterocycles. The van der Waals surface area contributed by atoms with E-state index in [1.165, 1.54) is 18.9 Å². The molecule has 1 rings (SSSR count). The quantitative estimate of drug-likeness (QED) is 0.759. The molecule has 1 saturated carbocycles. The minimum atomic E-state index is -0.764. The van der Waals surface area contributed by atoms with E-state index in [-0.39, 0.29) is 11.9 Å².